The molecule has 4 rings (SSSR count). The summed E-state index contributed by atoms with van der Waals surface area (Å²) in [7, 11) is 3.89. The number of carbonyl (C=O) groups is 1. The molecule has 0 saturated heterocycles. The monoisotopic (exact) mass is 434 g/mol. The second kappa shape index (κ2) is 9.04. The summed E-state index contributed by atoms with van der Waals surface area (Å²) in [5.41, 5.74) is 3.23. The molecular weight excluding hydrogens is 404 g/mol. The molecule has 1 aliphatic rings. The van der Waals surface area contributed by atoms with Crippen LogP contribution in [0.15, 0.2) is 30.6 Å². The van der Waals surface area contributed by atoms with Gasteiger partial charge in [0.15, 0.2) is 5.82 Å². The Bertz CT molecular complexity index is 1120. The molecule has 0 unspecified atom stereocenters. The molecule has 0 atom stereocenters. The van der Waals surface area contributed by atoms with E-state index < -0.39 is 0 Å². The highest BCUT2D eigenvalue weighted by atomic mass is 16.2. The average molecular weight is 435 g/mol. The van der Waals surface area contributed by atoms with Crippen molar-refractivity contribution in [2.24, 2.45) is 0 Å². The molecule has 0 fully saturated rings. The zero-order chi connectivity index (χ0) is 22.8. The summed E-state index contributed by atoms with van der Waals surface area (Å²) in [6.07, 6.45) is 2.69. The van der Waals surface area contributed by atoms with Crippen molar-refractivity contribution in [2.45, 2.75) is 52.9 Å². The molecular formula is C23H30N8O. The number of aryl methyl sites for hydroxylation is 1. The Hall–Kier alpha value is -3.33. The van der Waals surface area contributed by atoms with Crippen molar-refractivity contribution in [3.05, 3.63) is 47.4 Å². The third-order valence-electron chi connectivity index (χ3n) is 5.79. The summed E-state index contributed by atoms with van der Waals surface area (Å²) in [6, 6.07) is 7.84. The van der Waals surface area contributed by atoms with E-state index in [2.05, 4.69) is 41.2 Å². The third-order valence-corrected chi connectivity index (χ3v) is 5.79. The van der Waals surface area contributed by atoms with Crippen molar-refractivity contribution in [3.8, 4) is 11.5 Å². The van der Waals surface area contributed by atoms with Gasteiger partial charge < -0.3 is 14.8 Å². The van der Waals surface area contributed by atoms with E-state index in [1.165, 1.54) is 0 Å². The minimum absolute atomic E-state index is 0.0576. The van der Waals surface area contributed by atoms with Gasteiger partial charge in [-0.2, -0.15) is 0 Å². The minimum atomic E-state index is -0.0576. The number of nitrogens with one attached hydrogen (secondary N) is 1. The van der Waals surface area contributed by atoms with E-state index in [9.17, 15) is 4.79 Å². The predicted molar refractivity (Wildman–Crippen MR) is 125 cm³/mol. The van der Waals surface area contributed by atoms with Gasteiger partial charge in [0.25, 0.3) is 5.91 Å². The van der Waals surface area contributed by atoms with Crippen LogP contribution in [0.5, 0.6) is 0 Å². The number of hydrogen-bond donors (Lipinski definition) is 1. The lowest BCUT2D eigenvalue weighted by Gasteiger charge is -2.24. The van der Waals surface area contributed by atoms with Crippen LogP contribution in [0.1, 0.15) is 48.8 Å². The maximum absolute atomic E-state index is 13.5. The van der Waals surface area contributed by atoms with Crippen molar-refractivity contribution in [1.82, 2.24) is 30.0 Å². The molecule has 32 heavy (non-hydrogen) atoms. The fourth-order valence-electron chi connectivity index (χ4n) is 3.85. The first-order valence-electron chi connectivity index (χ1n) is 11.0. The van der Waals surface area contributed by atoms with Gasteiger partial charge >= 0.3 is 0 Å². The summed E-state index contributed by atoms with van der Waals surface area (Å²) >= 11 is 0. The highest BCUT2D eigenvalue weighted by molar-refractivity contribution is 6.10. The molecule has 0 saturated carbocycles. The number of aromatic nitrogens is 5. The predicted octanol–water partition coefficient (Wildman–Crippen LogP) is 2.87. The van der Waals surface area contributed by atoms with Gasteiger partial charge in [0.1, 0.15) is 23.7 Å². The summed E-state index contributed by atoms with van der Waals surface area (Å²) in [6.45, 7) is 8.17. The van der Waals surface area contributed by atoms with Crippen molar-refractivity contribution in [3.63, 3.8) is 0 Å². The molecule has 1 N–H and O–H groups in total. The van der Waals surface area contributed by atoms with Crippen LogP contribution in [0.25, 0.3) is 11.5 Å². The SMILES string of the molecule is CCCn1cnnc1-c1cccc(N2Cc3c(cc(N(C)C(C)C)nc3CNC)C2=O)n1. The molecule has 3 aromatic heterocycles. The van der Waals surface area contributed by atoms with E-state index in [-0.39, 0.29) is 11.9 Å². The number of nitrogens with zero attached hydrogens (tertiary/aromatic N) is 7. The molecule has 0 bridgehead atoms. The van der Waals surface area contributed by atoms with Crippen molar-refractivity contribution in [1.29, 1.82) is 0 Å². The van der Waals surface area contributed by atoms with Gasteiger partial charge in [-0.25, -0.2) is 9.97 Å². The minimum Gasteiger partial charge on any atom is -0.357 e. The molecule has 0 aliphatic carbocycles. The van der Waals surface area contributed by atoms with Crippen LogP contribution < -0.4 is 15.1 Å². The number of fused-ring (bicyclic) bond motifs is 1. The maximum atomic E-state index is 13.5. The normalized spacial score (nSPS) is 13.2. The van der Waals surface area contributed by atoms with Crippen molar-refractivity contribution < 1.29 is 4.79 Å². The lowest BCUT2D eigenvalue weighted by molar-refractivity contribution is 0.0996. The average Bonchev–Trinajstić information content (AvgIpc) is 3.38. The standard InChI is InChI=1S/C23H30N8O/c1-6-10-30-14-25-28-22(30)18-8-7-9-20(26-18)31-13-17-16(23(31)32)11-21(29(5)15(2)3)27-19(17)12-24-4/h7-9,11,14-15,24H,6,10,12-13H2,1-5H3. The van der Waals surface area contributed by atoms with E-state index >= 15 is 0 Å². The zero-order valence-electron chi connectivity index (χ0n) is 19.3. The van der Waals surface area contributed by atoms with Crippen LogP contribution in [0.4, 0.5) is 11.6 Å². The van der Waals surface area contributed by atoms with Crippen LogP contribution in [-0.2, 0) is 19.6 Å². The molecule has 0 aromatic carbocycles. The Kier molecular flexibility index (Phi) is 6.18. The van der Waals surface area contributed by atoms with Crippen LogP contribution in [-0.4, -0.2) is 50.8 Å². The molecule has 1 amide bonds. The van der Waals surface area contributed by atoms with E-state index in [1.54, 1.807) is 11.2 Å². The first-order valence-corrected chi connectivity index (χ1v) is 11.0. The quantitative estimate of drug-likeness (QED) is 0.583. The summed E-state index contributed by atoms with van der Waals surface area (Å²) in [5.74, 6) is 2.05. The second-order valence-corrected chi connectivity index (χ2v) is 8.31. The summed E-state index contributed by atoms with van der Waals surface area (Å²) in [4.78, 5) is 26.9. The molecule has 0 radical (unpaired) electrons. The number of anilines is 2. The van der Waals surface area contributed by atoms with Gasteiger partial charge in [-0.05, 0) is 45.5 Å². The van der Waals surface area contributed by atoms with Gasteiger partial charge in [-0.15, -0.1) is 10.2 Å². The Morgan fingerprint density at radius 3 is 2.78 bits per heavy atom. The van der Waals surface area contributed by atoms with E-state index in [4.69, 9.17) is 9.97 Å². The number of carbonyl (C=O) groups excluding carboxylic acids is 1. The Balaban J connectivity index is 1.71. The first kappa shape index (κ1) is 21.9. The topological polar surface area (TPSA) is 92.1 Å². The number of amides is 1. The third kappa shape index (κ3) is 3.95. The smallest absolute Gasteiger partial charge is 0.260 e. The molecule has 4 heterocycles. The second-order valence-electron chi connectivity index (χ2n) is 8.31. The van der Waals surface area contributed by atoms with Crippen LogP contribution in [0.2, 0.25) is 0 Å². The van der Waals surface area contributed by atoms with Crippen LogP contribution in [0.3, 0.4) is 0 Å². The Morgan fingerprint density at radius 2 is 2.06 bits per heavy atom. The Labute approximate surface area is 188 Å². The number of pyridine rings is 2. The maximum Gasteiger partial charge on any atom is 0.260 e. The van der Waals surface area contributed by atoms with Crippen molar-refractivity contribution in [2.75, 3.05) is 23.9 Å². The Morgan fingerprint density at radius 1 is 1.25 bits per heavy atom. The molecule has 1 aliphatic heterocycles. The zero-order valence-corrected chi connectivity index (χ0v) is 19.3. The fourth-order valence-corrected chi connectivity index (χ4v) is 3.85. The molecule has 0 spiro atoms. The highest BCUT2D eigenvalue weighted by Gasteiger charge is 2.33. The van der Waals surface area contributed by atoms with Gasteiger partial charge in [0.2, 0.25) is 0 Å². The van der Waals surface area contributed by atoms with Gasteiger partial charge in [-0.1, -0.05) is 13.0 Å². The van der Waals surface area contributed by atoms with Crippen molar-refractivity contribution >= 4 is 17.5 Å². The highest BCUT2D eigenvalue weighted by Crippen LogP contribution is 2.32. The summed E-state index contributed by atoms with van der Waals surface area (Å²) in [5, 5.41) is 11.5. The summed E-state index contributed by atoms with van der Waals surface area (Å²) < 4.78 is 1.98. The van der Waals surface area contributed by atoms with Gasteiger partial charge in [-0.3, -0.25) is 9.69 Å². The van der Waals surface area contributed by atoms with E-state index in [0.29, 0.717) is 36.0 Å². The lowest BCUT2D eigenvalue weighted by Crippen LogP contribution is -2.27. The molecule has 3 aromatic rings. The molecule has 9 nitrogen and oxygen atoms in total. The number of rotatable bonds is 8. The van der Waals surface area contributed by atoms with Crippen LogP contribution in [0, 0.1) is 0 Å². The largest absolute Gasteiger partial charge is 0.357 e. The first-order chi connectivity index (χ1) is 15.4. The van der Waals surface area contributed by atoms with Gasteiger partial charge in [0.05, 0.1) is 17.8 Å². The molecule has 9 heteroatoms. The van der Waals surface area contributed by atoms with Gasteiger partial charge in [0, 0.05) is 31.7 Å². The van der Waals surface area contributed by atoms with E-state index in [0.717, 1.165) is 30.0 Å². The van der Waals surface area contributed by atoms with Crippen LogP contribution >= 0.6 is 0 Å². The van der Waals surface area contributed by atoms with E-state index in [1.807, 2.05) is 42.9 Å². The number of hydrogen-bond acceptors (Lipinski definition) is 7. The molecule has 168 valence electrons. The lowest BCUT2D eigenvalue weighted by atomic mass is 10.1. The fraction of sp³-hybridized carbons (Fsp3) is 0.435.